The van der Waals surface area contributed by atoms with Crippen LogP contribution in [0.5, 0.6) is 0 Å². The first-order valence-corrected chi connectivity index (χ1v) is 7.55. The van der Waals surface area contributed by atoms with Gasteiger partial charge < -0.3 is 10.6 Å². The number of nitrogens with one attached hydrogen (secondary N) is 2. The maximum atomic E-state index is 11.9. The van der Waals surface area contributed by atoms with Crippen LogP contribution < -0.4 is 10.6 Å². The number of hydrogen-bond acceptors (Lipinski definition) is 3. The number of rotatable bonds is 3. The Morgan fingerprint density at radius 2 is 2.44 bits per heavy atom. The quantitative estimate of drug-likeness (QED) is 0.897. The Morgan fingerprint density at radius 1 is 1.61 bits per heavy atom. The summed E-state index contributed by atoms with van der Waals surface area (Å²) >= 11 is 7.82. The summed E-state index contributed by atoms with van der Waals surface area (Å²) in [5.74, 6) is 2.17. The van der Waals surface area contributed by atoms with E-state index in [0.717, 1.165) is 29.3 Å². The van der Waals surface area contributed by atoms with Gasteiger partial charge in [0.2, 0.25) is 5.91 Å². The van der Waals surface area contributed by atoms with Gasteiger partial charge in [-0.05, 0) is 24.6 Å². The monoisotopic (exact) mass is 284 g/mol. The molecule has 5 heteroatoms. The number of anilines is 1. The van der Waals surface area contributed by atoms with Gasteiger partial charge in [-0.25, -0.2) is 0 Å². The van der Waals surface area contributed by atoms with Crippen molar-refractivity contribution in [1.29, 1.82) is 0 Å². The molecule has 98 valence electrons. The van der Waals surface area contributed by atoms with E-state index >= 15 is 0 Å². The normalized spacial score (nSPS) is 19.6. The molecule has 0 radical (unpaired) electrons. The highest BCUT2D eigenvalue weighted by molar-refractivity contribution is 7.99. The zero-order chi connectivity index (χ0) is 13.0. The molecule has 18 heavy (non-hydrogen) atoms. The summed E-state index contributed by atoms with van der Waals surface area (Å²) in [4.78, 5) is 11.9. The predicted molar refractivity (Wildman–Crippen MR) is 78.6 cm³/mol. The maximum Gasteiger partial charge on any atom is 0.225 e. The molecule has 0 spiro atoms. The van der Waals surface area contributed by atoms with Crippen molar-refractivity contribution in [3.05, 3.63) is 28.8 Å². The van der Waals surface area contributed by atoms with Gasteiger partial charge in [0, 0.05) is 41.2 Å². The van der Waals surface area contributed by atoms with E-state index in [4.69, 9.17) is 11.6 Å². The van der Waals surface area contributed by atoms with Crippen LogP contribution in [0.3, 0.4) is 0 Å². The Morgan fingerprint density at radius 3 is 3.17 bits per heavy atom. The second kappa shape index (κ2) is 6.45. The van der Waals surface area contributed by atoms with Gasteiger partial charge in [0.25, 0.3) is 0 Å². The van der Waals surface area contributed by atoms with E-state index in [1.807, 2.05) is 30.8 Å². The third-order valence-electron chi connectivity index (χ3n) is 2.90. The minimum atomic E-state index is 0.0420. The van der Waals surface area contributed by atoms with Crippen LogP contribution in [-0.4, -0.2) is 30.0 Å². The summed E-state index contributed by atoms with van der Waals surface area (Å²) in [6.45, 7) is 2.94. The molecular formula is C13H17ClN2OS. The second-order valence-corrected chi connectivity index (χ2v) is 6.02. The molecule has 0 aliphatic carbocycles. The Bertz CT molecular complexity index is 433. The van der Waals surface area contributed by atoms with Crippen molar-refractivity contribution in [2.75, 3.05) is 23.4 Å². The van der Waals surface area contributed by atoms with Crippen molar-refractivity contribution in [2.45, 2.75) is 19.4 Å². The molecule has 1 aromatic carbocycles. The first kappa shape index (κ1) is 13.7. The molecule has 1 atom stereocenters. The van der Waals surface area contributed by atoms with Crippen LogP contribution in [0.4, 0.5) is 5.69 Å². The highest BCUT2D eigenvalue weighted by Gasteiger charge is 2.17. The van der Waals surface area contributed by atoms with E-state index in [9.17, 15) is 4.79 Å². The largest absolute Gasteiger partial charge is 0.326 e. The van der Waals surface area contributed by atoms with Gasteiger partial charge >= 0.3 is 0 Å². The summed E-state index contributed by atoms with van der Waals surface area (Å²) in [5.41, 5.74) is 1.83. The average molecular weight is 285 g/mol. The number of halogens is 1. The molecular weight excluding hydrogens is 268 g/mol. The Hall–Kier alpha value is -0.710. The fourth-order valence-corrected chi connectivity index (χ4v) is 3.03. The van der Waals surface area contributed by atoms with E-state index in [1.165, 1.54) is 0 Å². The molecule has 1 aliphatic rings. The SMILES string of the molecule is Cc1ccc(Cl)cc1NC(=O)CC1CSCCN1. The summed E-state index contributed by atoms with van der Waals surface area (Å²) in [5, 5.41) is 6.92. The number of hydrogen-bond donors (Lipinski definition) is 2. The molecule has 1 aromatic rings. The van der Waals surface area contributed by atoms with Gasteiger partial charge in [0.1, 0.15) is 0 Å². The average Bonchev–Trinajstić information content (AvgIpc) is 2.35. The van der Waals surface area contributed by atoms with Gasteiger partial charge in [0.05, 0.1) is 0 Å². The lowest BCUT2D eigenvalue weighted by molar-refractivity contribution is -0.116. The fraction of sp³-hybridized carbons (Fsp3) is 0.462. The van der Waals surface area contributed by atoms with Crippen LogP contribution in [0.1, 0.15) is 12.0 Å². The lowest BCUT2D eigenvalue weighted by Gasteiger charge is -2.22. The summed E-state index contributed by atoms with van der Waals surface area (Å²) in [6, 6.07) is 5.80. The molecule has 1 fully saturated rings. The minimum Gasteiger partial charge on any atom is -0.326 e. The van der Waals surface area contributed by atoms with Gasteiger partial charge in [-0.2, -0.15) is 11.8 Å². The van der Waals surface area contributed by atoms with Crippen LogP contribution in [0.25, 0.3) is 0 Å². The number of aryl methyl sites for hydroxylation is 1. The van der Waals surface area contributed by atoms with Crippen molar-refractivity contribution in [3.63, 3.8) is 0 Å². The predicted octanol–water partition coefficient (Wildman–Crippen LogP) is 2.68. The molecule has 2 N–H and O–H groups in total. The molecule has 3 nitrogen and oxygen atoms in total. The van der Waals surface area contributed by atoms with Gasteiger partial charge in [0.15, 0.2) is 0 Å². The summed E-state index contributed by atoms with van der Waals surface area (Å²) in [6.07, 6.45) is 0.513. The fourth-order valence-electron chi connectivity index (χ4n) is 1.90. The molecule has 1 unspecified atom stereocenters. The lowest BCUT2D eigenvalue weighted by atomic mass is 10.1. The first-order chi connectivity index (χ1) is 8.65. The van der Waals surface area contributed by atoms with E-state index in [1.54, 1.807) is 6.07 Å². The molecule has 0 bridgehead atoms. The third-order valence-corrected chi connectivity index (χ3v) is 4.27. The molecule has 0 saturated carbocycles. The second-order valence-electron chi connectivity index (χ2n) is 4.44. The minimum absolute atomic E-state index is 0.0420. The van der Waals surface area contributed by atoms with E-state index in [0.29, 0.717) is 11.4 Å². The third kappa shape index (κ3) is 3.90. The van der Waals surface area contributed by atoms with Crippen molar-refractivity contribution >= 4 is 35.0 Å². The van der Waals surface area contributed by atoms with E-state index in [-0.39, 0.29) is 11.9 Å². The molecule has 1 heterocycles. The zero-order valence-corrected chi connectivity index (χ0v) is 11.9. The Balaban J connectivity index is 1.92. The van der Waals surface area contributed by atoms with Crippen molar-refractivity contribution in [3.8, 4) is 0 Å². The Kier molecular flexibility index (Phi) is 4.92. The topological polar surface area (TPSA) is 41.1 Å². The molecule has 1 amide bonds. The molecule has 1 aliphatic heterocycles. The number of thioether (sulfide) groups is 1. The van der Waals surface area contributed by atoms with Gasteiger partial charge in [-0.1, -0.05) is 17.7 Å². The lowest BCUT2D eigenvalue weighted by Crippen LogP contribution is -2.39. The standard InChI is InChI=1S/C13H17ClN2OS/c1-9-2-3-10(14)6-12(9)16-13(17)7-11-8-18-5-4-15-11/h2-3,6,11,15H,4-5,7-8H2,1H3,(H,16,17). The number of benzene rings is 1. The summed E-state index contributed by atoms with van der Waals surface area (Å²) < 4.78 is 0. The van der Waals surface area contributed by atoms with Crippen LogP contribution in [-0.2, 0) is 4.79 Å². The molecule has 1 saturated heterocycles. The van der Waals surface area contributed by atoms with Crippen LogP contribution in [0, 0.1) is 6.92 Å². The van der Waals surface area contributed by atoms with Crippen LogP contribution >= 0.6 is 23.4 Å². The van der Waals surface area contributed by atoms with Crippen molar-refractivity contribution < 1.29 is 4.79 Å². The number of amides is 1. The highest BCUT2D eigenvalue weighted by atomic mass is 35.5. The van der Waals surface area contributed by atoms with Crippen molar-refractivity contribution in [1.82, 2.24) is 5.32 Å². The molecule has 0 aromatic heterocycles. The smallest absolute Gasteiger partial charge is 0.225 e. The first-order valence-electron chi connectivity index (χ1n) is 6.02. The maximum absolute atomic E-state index is 11.9. The van der Waals surface area contributed by atoms with E-state index in [2.05, 4.69) is 10.6 Å². The van der Waals surface area contributed by atoms with Crippen LogP contribution in [0.2, 0.25) is 5.02 Å². The zero-order valence-electron chi connectivity index (χ0n) is 10.3. The number of carbonyl (C=O) groups excluding carboxylic acids is 1. The van der Waals surface area contributed by atoms with Crippen molar-refractivity contribution in [2.24, 2.45) is 0 Å². The van der Waals surface area contributed by atoms with Crippen LogP contribution in [0.15, 0.2) is 18.2 Å². The summed E-state index contributed by atoms with van der Waals surface area (Å²) in [7, 11) is 0. The Labute approximate surface area is 117 Å². The molecule has 2 rings (SSSR count). The number of carbonyl (C=O) groups is 1. The van der Waals surface area contributed by atoms with E-state index < -0.39 is 0 Å². The van der Waals surface area contributed by atoms with Gasteiger partial charge in [-0.15, -0.1) is 0 Å². The highest BCUT2D eigenvalue weighted by Crippen LogP contribution is 2.20. The van der Waals surface area contributed by atoms with Gasteiger partial charge in [-0.3, -0.25) is 4.79 Å².